The fraction of sp³-hybridized carbons (Fsp3) is 0.105. The smallest absolute Gasteiger partial charge is 0.149 e. The van der Waals surface area contributed by atoms with Crippen molar-refractivity contribution in [2.75, 3.05) is 13.2 Å². The number of hydrogen-bond acceptors (Lipinski definition) is 3. The highest BCUT2D eigenvalue weighted by Crippen LogP contribution is 2.43. The van der Waals surface area contributed by atoms with E-state index in [1.807, 2.05) is 60.7 Å². The maximum absolute atomic E-state index is 11.4. The first-order chi connectivity index (χ1) is 11.3. The average Bonchev–Trinajstić information content (AvgIpc) is 2.62. The van der Waals surface area contributed by atoms with Gasteiger partial charge in [0.15, 0.2) is 0 Å². The lowest BCUT2D eigenvalue weighted by Gasteiger charge is -2.20. The van der Waals surface area contributed by atoms with Crippen LogP contribution in [0.5, 0.6) is 0 Å². The van der Waals surface area contributed by atoms with E-state index in [0.717, 1.165) is 10.6 Å². The number of aldehydes is 1. The van der Waals surface area contributed by atoms with Crippen LogP contribution < -0.4 is 10.6 Å². The van der Waals surface area contributed by atoms with Crippen LogP contribution in [-0.4, -0.2) is 29.7 Å². The third kappa shape index (κ3) is 4.37. The third-order valence-corrected chi connectivity index (χ3v) is 5.63. The van der Waals surface area contributed by atoms with E-state index in [1.165, 1.54) is 0 Å². The van der Waals surface area contributed by atoms with Crippen LogP contribution in [0.15, 0.2) is 71.6 Å². The van der Waals surface area contributed by atoms with Crippen LogP contribution in [0, 0.1) is 11.8 Å². The summed E-state index contributed by atoms with van der Waals surface area (Å²) in [5.74, 6) is 5.50. The van der Waals surface area contributed by atoms with Gasteiger partial charge in [0, 0.05) is 10.9 Å². The molecule has 0 aliphatic rings. The highest BCUT2D eigenvalue weighted by atomic mass is 31.1. The zero-order chi connectivity index (χ0) is 16.5. The molecule has 116 valence electrons. The van der Waals surface area contributed by atoms with E-state index in [0.29, 0.717) is 11.6 Å². The zero-order valence-corrected chi connectivity index (χ0v) is 13.4. The van der Waals surface area contributed by atoms with E-state index in [4.69, 9.17) is 5.11 Å². The minimum Gasteiger partial charge on any atom is -0.392 e. The molecule has 0 radical (unpaired) electrons. The summed E-state index contributed by atoms with van der Waals surface area (Å²) in [5, 5.41) is 21.2. The molecule has 0 spiro atoms. The standard InChI is InChI=1S/C19H17O3P/c20-13-7-12-19(16(14-21)15-22)23(17-8-3-1-4-9-17)18-10-5-2-6-11-18/h1-6,8-11,14,20,22H,13,15H2/b19-16+. The van der Waals surface area contributed by atoms with Crippen LogP contribution in [0.4, 0.5) is 0 Å². The van der Waals surface area contributed by atoms with Gasteiger partial charge in [0.25, 0.3) is 0 Å². The number of rotatable bonds is 5. The van der Waals surface area contributed by atoms with Crippen molar-refractivity contribution in [1.29, 1.82) is 0 Å². The van der Waals surface area contributed by atoms with Crippen molar-refractivity contribution >= 4 is 24.8 Å². The second-order valence-corrected chi connectivity index (χ2v) is 6.77. The summed E-state index contributed by atoms with van der Waals surface area (Å²) in [4.78, 5) is 11.4. The molecule has 0 fully saturated rings. The molecule has 0 unspecified atom stereocenters. The number of carbonyl (C=O) groups excluding carboxylic acids is 1. The number of hydrogen-bond donors (Lipinski definition) is 2. The average molecular weight is 324 g/mol. The summed E-state index contributed by atoms with van der Waals surface area (Å²) in [7, 11) is -1.07. The highest BCUT2D eigenvalue weighted by molar-refractivity contribution is 7.77. The quantitative estimate of drug-likeness (QED) is 0.380. The molecule has 0 amide bonds. The van der Waals surface area contributed by atoms with E-state index in [-0.39, 0.29) is 18.8 Å². The summed E-state index contributed by atoms with van der Waals surface area (Å²) in [6.45, 7) is -0.675. The van der Waals surface area contributed by atoms with Crippen molar-refractivity contribution < 1.29 is 15.0 Å². The Morgan fingerprint density at radius 2 is 1.48 bits per heavy atom. The van der Waals surface area contributed by atoms with Crippen molar-refractivity contribution in [2.45, 2.75) is 0 Å². The van der Waals surface area contributed by atoms with Crippen LogP contribution in [0.25, 0.3) is 0 Å². The first-order valence-electron chi connectivity index (χ1n) is 7.11. The van der Waals surface area contributed by atoms with Crippen molar-refractivity contribution in [3.8, 4) is 11.8 Å². The van der Waals surface area contributed by atoms with Crippen molar-refractivity contribution in [1.82, 2.24) is 0 Å². The monoisotopic (exact) mass is 324 g/mol. The number of carbonyl (C=O) groups is 1. The summed E-state index contributed by atoms with van der Waals surface area (Å²) >= 11 is 0. The Bertz CT molecular complexity index is 688. The van der Waals surface area contributed by atoms with Crippen molar-refractivity contribution in [3.05, 3.63) is 71.6 Å². The topological polar surface area (TPSA) is 57.5 Å². The maximum Gasteiger partial charge on any atom is 0.149 e. The Balaban J connectivity index is 2.68. The summed E-state index contributed by atoms with van der Waals surface area (Å²) < 4.78 is 0. The predicted molar refractivity (Wildman–Crippen MR) is 94.1 cm³/mol. The highest BCUT2D eigenvalue weighted by Gasteiger charge is 2.20. The normalized spacial score (nSPS) is 11.4. The van der Waals surface area contributed by atoms with Gasteiger partial charge >= 0.3 is 0 Å². The van der Waals surface area contributed by atoms with Crippen LogP contribution >= 0.6 is 7.92 Å². The third-order valence-electron chi connectivity index (χ3n) is 3.16. The van der Waals surface area contributed by atoms with E-state index in [2.05, 4.69) is 11.8 Å². The summed E-state index contributed by atoms with van der Waals surface area (Å²) in [6.07, 6.45) is 0.641. The number of aliphatic hydroxyl groups is 2. The molecule has 0 aromatic heterocycles. The summed E-state index contributed by atoms with van der Waals surface area (Å²) in [5.41, 5.74) is 0.254. The second-order valence-electron chi connectivity index (χ2n) is 4.62. The molecular formula is C19H17O3P. The van der Waals surface area contributed by atoms with Gasteiger partial charge in [-0.15, -0.1) is 0 Å². The molecule has 4 heteroatoms. The van der Waals surface area contributed by atoms with Gasteiger partial charge in [0.05, 0.1) is 6.61 Å². The van der Waals surface area contributed by atoms with Crippen LogP contribution in [0.2, 0.25) is 0 Å². The van der Waals surface area contributed by atoms with Gasteiger partial charge < -0.3 is 10.2 Å². The van der Waals surface area contributed by atoms with Crippen LogP contribution in [0.3, 0.4) is 0 Å². The fourth-order valence-electron chi connectivity index (χ4n) is 2.13. The second kappa shape index (κ2) is 9.02. The molecule has 0 aliphatic heterocycles. The molecule has 3 nitrogen and oxygen atoms in total. The lowest BCUT2D eigenvalue weighted by molar-refractivity contribution is -0.105. The van der Waals surface area contributed by atoms with Crippen molar-refractivity contribution in [3.63, 3.8) is 0 Å². The Morgan fingerprint density at radius 1 is 0.957 bits per heavy atom. The molecule has 0 saturated carbocycles. The molecule has 0 heterocycles. The predicted octanol–water partition coefficient (Wildman–Crippen LogP) is 1.56. The largest absolute Gasteiger partial charge is 0.392 e. The molecule has 2 N–H and O–H groups in total. The first kappa shape index (κ1) is 17.1. The minimum absolute atomic E-state index is 0.254. The molecule has 0 atom stereocenters. The SMILES string of the molecule is O=C/C(CO)=C(/C#CCO)P(c1ccccc1)c1ccccc1. The Hall–Kier alpha value is -2.24. The molecule has 0 saturated heterocycles. The van der Waals surface area contributed by atoms with Gasteiger partial charge in [-0.05, 0) is 18.5 Å². The van der Waals surface area contributed by atoms with E-state index in [9.17, 15) is 9.90 Å². The van der Waals surface area contributed by atoms with E-state index >= 15 is 0 Å². The maximum atomic E-state index is 11.4. The summed E-state index contributed by atoms with van der Waals surface area (Å²) in [6, 6.07) is 19.5. The number of benzene rings is 2. The lowest BCUT2D eigenvalue weighted by atomic mass is 10.3. The van der Waals surface area contributed by atoms with Gasteiger partial charge in [0.2, 0.25) is 0 Å². The minimum atomic E-state index is -1.07. The number of aliphatic hydroxyl groups excluding tert-OH is 2. The van der Waals surface area contributed by atoms with Gasteiger partial charge in [-0.2, -0.15) is 0 Å². The Kier molecular flexibility index (Phi) is 6.72. The number of allylic oxidation sites excluding steroid dienone is 1. The molecule has 0 aliphatic carbocycles. The Labute approximate surface area is 137 Å². The van der Waals surface area contributed by atoms with Crippen molar-refractivity contribution in [2.24, 2.45) is 0 Å². The zero-order valence-electron chi connectivity index (χ0n) is 12.5. The molecule has 2 aromatic carbocycles. The molecular weight excluding hydrogens is 307 g/mol. The molecule has 23 heavy (non-hydrogen) atoms. The first-order valence-corrected chi connectivity index (χ1v) is 8.45. The van der Waals surface area contributed by atoms with Gasteiger partial charge in [0.1, 0.15) is 12.9 Å². The lowest BCUT2D eigenvalue weighted by Crippen LogP contribution is -2.14. The molecule has 2 rings (SSSR count). The van der Waals surface area contributed by atoms with Gasteiger partial charge in [-0.1, -0.05) is 72.5 Å². The molecule has 2 aromatic rings. The van der Waals surface area contributed by atoms with E-state index < -0.39 is 7.92 Å². The fourth-order valence-corrected chi connectivity index (χ4v) is 4.49. The van der Waals surface area contributed by atoms with Crippen LogP contribution in [0.1, 0.15) is 0 Å². The van der Waals surface area contributed by atoms with Gasteiger partial charge in [-0.3, -0.25) is 4.79 Å². The van der Waals surface area contributed by atoms with E-state index in [1.54, 1.807) is 0 Å². The Morgan fingerprint density at radius 3 is 1.87 bits per heavy atom. The molecule has 0 bridgehead atoms. The van der Waals surface area contributed by atoms with Gasteiger partial charge in [-0.25, -0.2) is 0 Å². The van der Waals surface area contributed by atoms with Crippen LogP contribution in [-0.2, 0) is 4.79 Å².